The molecule has 6 nitrogen and oxygen atoms in total. The van der Waals surface area contributed by atoms with E-state index in [9.17, 15) is 9.59 Å². The normalized spacial score (nSPS) is 29.0. The Hall–Kier alpha value is -2.34. The number of anilines is 1. The van der Waals surface area contributed by atoms with Gasteiger partial charge in [0.05, 0.1) is 0 Å². The van der Waals surface area contributed by atoms with Crippen LogP contribution in [0.15, 0.2) is 42.5 Å². The topological polar surface area (TPSA) is 81.1 Å². The van der Waals surface area contributed by atoms with Gasteiger partial charge < -0.3 is 20.0 Å². The minimum atomic E-state index is -1.26. The zero-order chi connectivity index (χ0) is 23.3. The Bertz CT molecular complexity index is 802. The average Bonchev–Trinajstić information content (AvgIpc) is 3.44. The quantitative estimate of drug-likeness (QED) is 0.636. The molecule has 2 saturated heterocycles. The van der Waals surface area contributed by atoms with Crippen molar-refractivity contribution in [3.05, 3.63) is 42.5 Å². The van der Waals surface area contributed by atoms with Crippen LogP contribution in [0, 0.1) is 11.8 Å². The van der Waals surface area contributed by atoms with E-state index in [2.05, 4.69) is 40.1 Å². The number of likely N-dealkylation sites (tertiary alicyclic amines) is 1. The van der Waals surface area contributed by atoms with Gasteiger partial charge in [0.15, 0.2) is 0 Å². The van der Waals surface area contributed by atoms with E-state index in [1.54, 1.807) is 0 Å². The van der Waals surface area contributed by atoms with E-state index in [0.29, 0.717) is 17.7 Å². The maximum absolute atomic E-state index is 9.55. The molecular formula is C27H38N2O4. The van der Waals surface area contributed by atoms with Crippen molar-refractivity contribution < 1.29 is 19.8 Å². The van der Waals surface area contributed by atoms with E-state index in [1.165, 1.54) is 89.5 Å². The van der Waals surface area contributed by atoms with Crippen LogP contribution in [0.3, 0.4) is 0 Å². The molecule has 1 spiro atoms. The van der Waals surface area contributed by atoms with Crippen molar-refractivity contribution in [2.24, 2.45) is 11.8 Å². The molecule has 4 aliphatic rings. The summed E-state index contributed by atoms with van der Waals surface area (Å²) < 4.78 is 0. The van der Waals surface area contributed by atoms with Gasteiger partial charge in [-0.2, -0.15) is 0 Å². The van der Waals surface area contributed by atoms with Crippen LogP contribution < -0.4 is 4.90 Å². The van der Waals surface area contributed by atoms with E-state index >= 15 is 0 Å². The van der Waals surface area contributed by atoms with Crippen LogP contribution in [-0.2, 0) is 9.59 Å². The number of benzene rings is 1. The molecule has 2 unspecified atom stereocenters. The molecule has 5 rings (SSSR count). The van der Waals surface area contributed by atoms with E-state index < -0.39 is 11.9 Å². The summed E-state index contributed by atoms with van der Waals surface area (Å²) >= 11 is 0. The number of hydrogen-bond acceptors (Lipinski definition) is 4. The van der Waals surface area contributed by atoms with E-state index in [-0.39, 0.29) is 0 Å². The molecule has 0 radical (unpaired) electrons. The predicted molar refractivity (Wildman–Crippen MR) is 129 cm³/mol. The molecule has 6 heteroatoms. The highest BCUT2D eigenvalue weighted by molar-refractivity contribution is 5.89. The molecule has 33 heavy (non-hydrogen) atoms. The molecule has 0 amide bonds. The number of fused-ring (bicyclic) bond motifs is 1. The highest BCUT2D eigenvalue weighted by Gasteiger charge is 2.46. The Morgan fingerprint density at radius 1 is 0.818 bits per heavy atom. The number of rotatable bonds is 4. The molecule has 180 valence electrons. The standard InChI is InChI=1S/C23H34N2.C4H4O4/c1-2-9-21(10-3-1)25-14-6-11-23(25)12-15-24(16-13-23)22-17-19-7-4-5-8-20(19)18-22;5-3(6)1-2-4(7)8/h1-3,9-10,19-20,22H,4-8,11-18H2;1-2H,(H,5,6)(H,7,8). The summed E-state index contributed by atoms with van der Waals surface area (Å²) in [6.45, 7) is 3.94. The third-order valence-electron chi connectivity index (χ3n) is 8.49. The first-order valence-corrected chi connectivity index (χ1v) is 12.7. The molecule has 2 aliphatic heterocycles. The molecule has 4 fully saturated rings. The lowest BCUT2D eigenvalue weighted by atomic mass is 9.82. The van der Waals surface area contributed by atoms with Crippen molar-refractivity contribution in [2.45, 2.75) is 75.8 Å². The second-order valence-corrected chi connectivity index (χ2v) is 10.3. The Morgan fingerprint density at radius 2 is 1.39 bits per heavy atom. The van der Waals surface area contributed by atoms with Crippen LogP contribution in [0.25, 0.3) is 0 Å². The van der Waals surface area contributed by atoms with Gasteiger partial charge in [-0.15, -0.1) is 0 Å². The van der Waals surface area contributed by atoms with Crippen LogP contribution in [0.4, 0.5) is 5.69 Å². The number of nitrogens with zero attached hydrogens (tertiary/aromatic N) is 2. The third-order valence-corrected chi connectivity index (χ3v) is 8.49. The van der Waals surface area contributed by atoms with Crippen LogP contribution in [0.1, 0.15) is 64.2 Å². The maximum atomic E-state index is 9.55. The van der Waals surface area contributed by atoms with Crippen LogP contribution in [-0.4, -0.2) is 58.3 Å². The second-order valence-electron chi connectivity index (χ2n) is 10.3. The largest absolute Gasteiger partial charge is 0.478 e. The lowest BCUT2D eigenvalue weighted by molar-refractivity contribution is -0.134. The zero-order valence-electron chi connectivity index (χ0n) is 19.6. The SMILES string of the molecule is O=C(O)C=CC(=O)O.c1ccc(N2CCCC23CCN(C2CC4CCCCC4C2)CC3)cc1. The summed E-state index contributed by atoms with van der Waals surface area (Å²) in [5.41, 5.74) is 1.92. The van der Waals surface area contributed by atoms with Gasteiger partial charge in [-0.25, -0.2) is 9.59 Å². The van der Waals surface area contributed by atoms with E-state index in [4.69, 9.17) is 10.2 Å². The second kappa shape index (κ2) is 10.7. The smallest absolute Gasteiger partial charge is 0.328 e. The first kappa shape index (κ1) is 23.8. The Balaban J connectivity index is 0.000000281. The lowest BCUT2D eigenvalue weighted by Gasteiger charge is -2.47. The molecule has 1 aromatic rings. The van der Waals surface area contributed by atoms with Crippen LogP contribution >= 0.6 is 0 Å². The van der Waals surface area contributed by atoms with Crippen molar-refractivity contribution in [1.29, 1.82) is 0 Å². The van der Waals surface area contributed by atoms with Crippen molar-refractivity contribution in [1.82, 2.24) is 4.90 Å². The molecule has 2 saturated carbocycles. The fourth-order valence-corrected chi connectivity index (χ4v) is 6.92. The number of para-hydroxylation sites is 1. The highest BCUT2D eigenvalue weighted by Crippen LogP contribution is 2.46. The summed E-state index contributed by atoms with van der Waals surface area (Å²) in [6.07, 6.45) is 15.8. The number of hydrogen-bond donors (Lipinski definition) is 2. The van der Waals surface area contributed by atoms with Gasteiger partial charge in [0, 0.05) is 49.1 Å². The zero-order valence-corrected chi connectivity index (χ0v) is 19.6. The Kier molecular flexibility index (Phi) is 7.74. The number of carboxylic acids is 2. The van der Waals surface area contributed by atoms with Gasteiger partial charge in [-0.05, 0) is 62.5 Å². The van der Waals surface area contributed by atoms with Crippen molar-refractivity contribution in [2.75, 3.05) is 24.5 Å². The molecule has 2 atom stereocenters. The number of carboxylic acid groups (broad SMARTS) is 2. The maximum Gasteiger partial charge on any atom is 0.328 e. The summed E-state index contributed by atoms with van der Waals surface area (Å²) in [7, 11) is 0. The van der Waals surface area contributed by atoms with Gasteiger partial charge in [0.25, 0.3) is 0 Å². The van der Waals surface area contributed by atoms with Gasteiger partial charge in [0.2, 0.25) is 0 Å². The fourth-order valence-electron chi connectivity index (χ4n) is 6.92. The number of piperidine rings is 1. The molecular weight excluding hydrogens is 416 g/mol. The number of carbonyl (C=O) groups is 2. The first-order valence-electron chi connectivity index (χ1n) is 12.7. The molecule has 1 aromatic carbocycles. The third kappa shape index (κ3) is 5.78. The van der Waals surface area contributed by atoms with E-state index in [1.807, 2.05) is 0 Å². The molecule has 2 aliphatic carbocycles. The minimum absolute atomic E-state index is 0.462. The summed E-state index contributed by atoms with van der Waals surface area (Å²) in [5.74, 6) is -0.372. The summed E-state index contributed by atoms with van der Waals surface area (Å²) in [5, 5.41) is 15.6. The Morgan fingerprint density at radius 3 is 1.94 bits per heavy atom. The van der Waals surface area contributed by atoms with Crippen molar-refractivity contribution in [3.8, 4) is 0 Å². The van der Waals surface area contributed by atoms with Crippen molar-refractivity contribution >= 4 is 17.6 Å². The Labute approximate surface area is 197 Å². The monoisotopic (exact) mass is 454 g/mol. The van der Waals surface area contributed by atoms with Gasteiger partial charge in [0.1, 0.15) is 0 Å². The van der Waals surface area contributed by atoms with E-state index in [0.717, 1.165) is 17.9 Å². The molecule has 0 bridgehead atoms. The minimum Gasteiger partial charge on any atom is -0.478 e. The number of aliphatic carboxylic acids is 2. The average molecular weight is 455 g/mol. The highest BCUT2D eigenvalue weighted by atomic mass is 16.4. The van der Waals surface area contributed by atoms with Crippen LogP contribution in [0.2, 0.25) is 0 Å². The fraction of sp³-hybridized carbons (Fsp3) is 0.630. The predicted octanol–water partition coefficient (Wildman–Crippen LogP) is 4.80. The first-order chi connectivity index (χ1) is 16.0. The van der Waals surface area contributed by atoms with Crippen LogP contribution in [0.5, 0.6) is 0 Å². The molecule has 2 heterocycles. The van der Waals surface area contributed by atoms with Gasteiger partial charge in [-0.1, -0.05) is 43.9 Å². The molecule has 0 aromatic heterocycles. The van der Waals surface area contributed by atoms with Gasteiger partial charge >= 0.3 is 11.9 Å². The van der Waals surface area contributed by atoms with Gasteiger partial charge in [-0.3, -0.25) is 0 Å². The molecule has 2 N–H and O–H groups in total. The lowest BCUT2D eigenvalue weighted by Crippen LogP contribution is -2.54. The summed E-state index contributed by atoms with van der Waals surface area (Å²) in [6, 6.07) is 12.1. The summed E-state index contributed by atoms with van der Waals surface area (Å²) in [4.78, 5) is 24.8. The van der Waals surface area contributed by atoms with Crippen molar-refractivity contribution in [3.63, 3.8) is 0 Å².